The molecule has 1 saturated carbocycles. The van der Waals surface area contributed by atoms with Crippen molar-refractivity contribution in [1.29, 1.82) is 0 Å². The van der Waals surface area contributed by atoms with Crippen molar-refractivity contribution in [2.24, 2.45) is 11.8 Å². The van der Waals surface area contributed by atoms with Crippen LogP contribution in [0.3, 0.4) is 0 Å². The number of nitrogens with zero attached hydrogens (tertiary/aromatic N) is 8. The lowest BCUT2D eigenvalue weighted by Crippen LogP contribution is -2.36. The molecule has 12 nitrogen and oxygen atoms in total. The molecule has 0 unspecified atom stereocenters. The van der Waals surface area contributed by atoms with Crippen molar-refractivity contribution in [3.63, 3.8) is 0 Å². The van der Waals surface area contributed by atoms with Gasteiger partial charge in [-0.05, 0) is 36.1 Å². The number of pyridine rings is 2. The zero-order valence-electron chi connectivity index (χ0n) is 27.2. The molecule has 0 radical (unpaired) electrons. The zero-order valence-corrected chi connectivity index (χ0v) is 24.2. The molecule has 0 spiro atoms. The maximum absolute atomic E-state index is 15.4. The Bertz CT molecular complexity index is 1970. The maximum Gasteiger partial charge on any atom is 0.228 e. The summed E-state index contributed by atoms with van der Waals surface area (Å²) in [6, 6.07) is 10.1. The Morgan fingerprint density at radius 3 is 2.75 bits per heavy atom. The predicted octanol–water partition coefficient (Wildman–Crippen LogP) is 3.95. The molecule has 5 heterocycles. The minimum absolute atomic E-state index is 0.0103. The van der Waals surface area contributed by atoms with Crippen LogP contribution in [-0.2, 0) is 16.1 Å². The number of nitrogens with one attached hydrogen (secondary N) is 1. The summed E-state index contributed by atoms with van der Waals surface area (Å²) in [5.41, 5.74) is 1.87. The van der Waals surface area contributed by atoms with Crippen LogP contribution >= 0.6 is 0 Å². The Morgan fingerprint density at radius 1 is 1.23 bits per heavy atom. The standard InChI is InChI=1S/C31H32FN9O3/c1-18-12-22(18)31(42)34-26-14-23-24(28-35-29-25(32)13-20(17-41(29)38-28)40-8-10-44-11-9-40)15-33-30(27(23)37-36-26)39(2)16-19-4-6-21(43-3)7-5-19/h4-7,13-15,17-18,22H,8-12,16H2,1-3H3,(H,34,36,42)/t18-,22+/m1/s1/i2D3. The topological polar surface area (TPSA) is 123 Å². The summed E-state index contributed by atoms with van der Waals surface area (Å²) in [4.78, 5) is 25.0. The third-order valence-corrected chi connectivity index (χ3v) is 8.06. The molecule has 1 saturated heterocycles. The Morgan fingerprint density at radius 2 is 2.02 bits per heavy atom. The molecule has 1 aliphatic heterocycles. The molecule has 226 valence electrons. The normalized spacial score (nSPS) is 19.3. The first kappa shape index (κ1) is 24.5. The van der Waals surface area contributed by atoms with Gasteiger partial charge < -0.3 is 24.6 Å². The van der Waals surface area contributed by atoms with E-state index in [9.17, 15) is 4.79 Å². The van der Waals surface area contributed by atoms with Crippen molar-refractivity contribution in [2.75, 3.05) is 55.5 Å². The molecule has 2 atom stereocenters. The number of ether oxygens (including phenoxy) is 2. The highest BCUT2D eigenvalue weighted by atomic mass is 19.1. The van der Waals surface area contributed by atoms with E-state index in [1.807, 2.05) is 11.8 Å². The number of hydrogen-bond acceptors (Lipinski definition) is 10. The number of morpholine rings is 1. The smallest absolute Gasteiger partial charge is 0.228 e. The van der Waals surface area contributed by atoms with E-state index >= 15 is 4.39 Å². The number of carbonyl (C=O) groups is 1. The summed E-state index contributed by atoms with van der Waals surface area (Å²) in [7, 11) is 1.55. The molecule has 5 aromatic rings. The molecule has 1 aliphatic carbocycles. The van der Waals surface area contributed by atoms with Crippen LogP contribution in [0.5, 0.6) is 5.75 Å². The number of amides is 1. The minimum atomic E-state index is -2.61. The van der Waals surface area contributed by atoms with Crippen LogP contribution in [0.1, 0.15) is 23.0 Å². The molecule has 2 aliphatic rings. The van der Waals surface area contributed by atoms with Crippen LogP contribution in [0, 0.1) is 17.7 Å². The van der Waals surface area contributed by atoms with Gasteiger partial charge in [-0.2, -0.15) is 0 Å². The van der Waals surface area contributed by atoms with E-state index in [2.05, 4.69) is 30.6 Å². The van der Waals surface area contributed by atoms with E-state index in [1.54, 1.807) is 43.6 Å². The van der Waals surface area contributed by atoms with Crippen LogP contribution in [0.4, 0.5) is 21.7 Å². The number of hydrogen-bond donors (Lipinski definition) is 1. The van der Waals surface area contributed by atoms with Gasteiger partial charge in [0.05, 0.1) is 32.2 Å². The SMILES string of the molecule is [2H]C([2H])([2H])N(Cc1ccc(OC)cc1)c1ncc(-c2nc3c(F)cc(N4CCOCC4)cn3n2)c2cc(NC(=O)[C@H]3C[C@H]3C)nnc12. The van der Waals surface area contributed by atoms with Crippen LogP contribution in [-0.4, -0.2) is 76.1 Å². The summed E-state index contributed by atoms with van der Waals surface area (Å²) in [5, 5.41) is 16.4. The zero-order chi connectivity index (χ0) is 32.9. The largest absolute Gasteiger partial charge is 0.497 e. The quantitative estimate of drug-likeness (QED) is 0.280. The van der Waals surface area contributed by atoms with Gasteiger partial charge >= 0.3 is 0 Å². The third-order valence-electron chi connectivity index (χ3n) is 8.06. The number of methoxy groups -OCH3 is 1. The molecule has 13 heteroatoms. The number of benzene rings is 1. The van der Waals surface area contributed by atoms with Gasteiger partial charge in [-0.25, -0.2) is 18.9 Å². The van der Waals surface area contributed by atoms with Gasteiger partial charge in [0.1, 0.15) is 11.3 Å². The van der Waals surface area contributed by atoms with Gasteiger partial charge in [-0.3, -0.25) is 4.79 Å². The summed E-state index contributed by atoms with van der Waals surface area (Å²) in [6.07, 6.45) is 3.93. The highest BCUT2D eigenvalue weighted by Gasteiger charge is 2.39. The fourth-order valence-electron chi connectivity index (χ4n) is 5.39. The van der Waals surface area contributed by atoms with Crippen molar-refractivity contribution in [1.82, 2.24) is 29.8 Å². The Kier molecular flexibility index (Phi) is 6.30. The number of aromatic nitrogens is 6. The Labute approximate surface area is 257 Å². The summed E-state index contributed by atoms with van der Waals surface area (Å²) < 4.78 is 52.5. The van der Waals surface area contributed by atoms with E-state index in [0.29, 0.717) is 54.3 Å². The average molecular weight is 601 g/mol. The first-order valence-corrected chi connectivity index (χ1v) is 14.4. The van der Waals surface area contributed by atoms with Crippen molar-refractivity contribution >= 4 is 39.8 Å². The maximum atomic E-state index is 15.4. The number of carbonyl (C=O) groups excluding carboxylic acids is 1. The second-order valence-corrected chi connectivity index (χ2v) is 11.1. The second-order valence-electron chi connectivity index (χ2n) is 11.1. The molecule has 7 rings (SSSR count). The van der Waals surface area contributed by atoms with E-state index in [0.717, 1.165) is 11.3 Å². The molecular formula is C31H32FN9O3. The highest BCUT2D eigenvalue weighted by molar-refractivity contribution is 6.01. The van der Waals surface area contributed by atoms with Gasteiger partial charge in [0, 0.05) is 59.9 Å². The number of fused-ring (bicyclic) bond motifs is 2. The number of rotatable bonds is 8. The van der Waals surface area contributed by atoms with Crippen LogP contribution in [0.25, 0.3) is 27.9 Å². The van der Waals surface area contributed by atoms with E-state index in [4.69, 9.17) is 13.6 Å². The number of anilines is 3. The van der Waals surface area contributed by atoms with Crippen LogP contribution < -0.4 is 19.9 Å². The van der Waals surface area contributed by atoms with Gasteiger partial charge in [-0.15, -0.1) is 15.3 Å². The van der Waals surface area contributed by atoms with Crippen LogP contribution in [0.2, 0.25) is 0 Å². The third kappa shape index (κ3) is 5.34. The highest BCUT2D eigenvalue weighted by Crippen LogP contribution is 2.39. The molecule has 2 fully saturated rings. The van der Waals surface area contributed by atoms with E-state index < -0.39 is 12.8 Å². The average Bonchev–Trinajstić information content (AvgIpc) is 3.65. The van der Waals surface area contributed by atoms with E-state index in [-0.39, 0.29) is 52.9 Å². The van der Waals surface area contributed by atoms with Crippen LogP contribution in [0.15, 0.2) is 48.8 Å². The van der Waals surface area contributed by atoms with Crippen molar-refractivity contribution < 1.29 is 22.8 Å². The summed E-state index contributed by atoms with van der Waals surface area (Å²) in [6.45, 7) is 1.67. The first-order valence-electron chi connectivity index (χ1n) is 15.9. The lowest BCUT2D eigenvalue weighted by Gasteiger charge is -2.28. The Balaban J connectivity index is 1.34. The molecule has 1 N–H and O–H groups in total. The molecule has 1 aromatic carbocycles. The van der Waals surface area contributed by atoms with Gasteiger partial charge in [0.15, 0.2) is 28.9 Å². The lowest BCUT2D eigenvalue weighted by atomic mass is 10.1. The van der Waals surface area contributed by atoms with Crippen molar-refractivity contribution in [3.05, 3.63) is 60.2 Å². The van der Waals surface area contributed by atoms with Gasteiger partial charge in [0.2, 0.25) is 5.91 Å². The molecule has 0 bridgehead atoms. The minimum Gasteiger partial charge on any atom is -0.497 e. The van der Waals surface area contributed by atoms with Crippen molar-refractivity contribution in [3.8, 4) is 17.1 Å². The first-order chi connectivity index (χ1) is 22.6. The van der Waals surface area contributed by atoms with Gasteiger partial charge in [0.25, 0.3) is 0 Å². The van der Waals surface area contributed by atoms with Gasteiger partial charge in [-0.1, -0.05) is 19.1 Å². The predicted molar refractivity (Wildman–Crippen MR) is 163 cm³/mol. The lowest BCUT2D eigenvalue weighted by molar-refractivity contribution is -0.117. The van der Waals surface area contributed by atoms with Crippen molar-refractivity contribution in [2.45, 2.75) is 19.9 Å². The monoisotopic (exact) mass is 600 g/mol. The molecule has 1 amide bonds. The fourth-order valence-corrected chi connectivity index (χ4v) is 5.39. The second kappa shape index (κ2) is 11.3. The molecule has 4 aromatic heterocycles. The summed E-state index contributed by atoms with van der Waals surface area (Å²) in [5.74, 6) is 0.445. The Hall–Kier alpha value is -4.91. The molecular weight excluding hydrogens is 565 g/mol. The summed E-state index contributed by atoms with van der Waals surface area (Å²) >= 11 is 0. The van der Waals surface area contributed by atoms with E-state index in [1.165, 1.54) is 16.8 Å². The number of halogens is 1. The fraction of sp³-hybridized carbons (Fsp3) is 0.355. The molecule has 44 heavy (non-hydrogen) atoms.